The van der Waals surface area contributed by atoms with E-state index in [1.807, 2.05) is 48.5 Å². The molecule has 1 aliphatic rings. The second kappa shape index (κ2) is 13.9. The lowest BCUT2D eigenvalue weighted by atomic mass is 10.0. The van der Waals surface area contributed by atoms with Gasteiger partial charge in [-0.3, -0.25) is 4.48 Å². The van der Waals surface area contributed by atoms with Crippen molar-refractivity contribution in [3.8, 4) is 5.88 Å². The fourth-order valence-electron chi connectivity index (χ4n) is 4.52. The molecule has 0 spiro atoms. The van der Waals surface area contributed by atoms with Gasteiger partial charge >= 0.3 is 5.97 Å². The molecule has 2 unspecified atom stereocenters. The van der Waals surface area contributed by atoms with Crippen molar-refractivity contribution in [2.45, 2.75) is 45.3 Å². The summed E-state index contributed by atoms with van der Waals surface area (Å²) in [6.45, 7) is 4.36. The number of benzene rings is 2. The SMILES string of the molecule is CCCCCCOc1nsnc1C1=CCC[N+](C)(C(OC(=O)c2ccccc2)c2ccccc2)C1.[I-]. The number of hydrogen-bond acceptors (Lipinski definition) is 6. The summed E-state index contributed by atoms with van der Waals surface area (Å²) < 4.78 is 21.8. The van der Waals surface area contributed by atoms with Gasteiger partial charge in [-0.2, -0.15) is 4.37 Å². The molecule has 0 saturated heterocycles. The molecule has 2 heterocycles. The van der Waals surface area contributed by atoms with E-state index in [1.165, 1.54) is 24.6 Å². The summed E-state index contributed by atoms with van der Waals surface area (Å²) in [5.41, 5.74) is 3.43. The van der Waals surface area contributed by atoms with E-state index in [9.17, 15) is 4.79 Å². The molecule has 0 aliphatic carbocycles. The zero-order valence-corrected chi connectivity index (χ0v) is 23.9. The number of esters is 1. The first-order valence-electron chi connectivity index (χ1n) is 12.4. The van der Waals surface area contributed by atoms with Gasteiger partial charge in [0.1, 0.15) is 12.2 Å². The summed E-state index contributed by atoms with van der Waals surface area (Å²) in [6.07, 6.45) is 7.22. The number of quaternary nitrogens is 1. The number of ether oxygens (including phenoxy) is 2. The third kappa shape index (κ3) is 7.14. The zero-order valence-electron chi connectivity index (χ0n) is 20.9. The number of hydrogen-bond donors (Lipinski definition) is 0. The Balaban J connectivity index is 0.00000361. The van der Waals surface area contributed by atoms with Crippen LogP contribution in [0.3, 0.4) is 0 Å². The lowest BCUT2D eigenvalue weighted by Gasteiger charge is -2.42. The Hall–Kier alpha value is -2.30. The molecule has 1 aliphatic heterocycles. The summed E-state index contributed by atoms with van der Waals surface area (Å²) >= 11 is 1.18. The van der Waals surface area contributed by atoms with E-state index in [1.54, 1.807) is 12.1 Å². The van der Waals surface area contributed by atoms with Gasteiger partial charge in [0.25, 0.3) is 12.1 Å². The number of carbonyl (C=O) groups is 1. The van der Waals surface area contributed by atoms with Crippen LogP contribution in [-0.2, 0) is 4.74 Å². The van der Waals surface area contributed by atoms with E-state index in [2.05, 4.69) is 28.8 Å². The standard InChI is InChI=1S/C28H34N3O3S.HI/c1-3-4-5-12-20-33-26-25(29-35-30-26)24-18-13-19-31(2,21-24)27(22-14-8-6-9-15-22)34-28(32)23-16-10-7-11-17-23;/h6-11,14-18,27H,3-5,12-13,19-21H2,1-2H3;1H/q+1;/p-1. The predicted octanol–water partition coefficient (Wildman–Crippen LogP) is 3.29. The van der Waals surface area contributed by atoms with E-state index >= 15 is 0 Å². The van der Waals surface area contributed by atoms with Gasteiger partial charge < -0.3 is 33.5 Å². The Morgan fingerprint density at radius 2 is 1.75 bits per heavy atom. The van der Waals surface area contributed by atoms with Crippen LogP contribution in [0.15, 0.2) is 66.7 Å². The smallest absolute Gasteiger partial charge is 0.342 e. The molecule has 2 atom stereocenters. The minimum Gasteiger partial charge on any atom is -1.00 e. The Labute approximate surface area is 235 Å². The van der Waals surface area contributed by atoms with Crippen molar-refractivity contribution >= 4 is 23.3 Å². The maximum atomic E-state index is 13.1. The highest BCUT2D eigenvalue weighted by atomic mass is 127. The molecule has 0 radical (unpaired) electrons. The number of halogens is 1. The lowest BCUT2D eigenvalue weighted by molar-refractivity contribution is -0.953. The topological polar surface area (TPSA) is 61.3 Å². The van der Waals surface area contributed by atoms with Crippen molar-refractivity contribution in [1.82, 2.24) is 8.75 Å². The van der Waals surface area contributed by atoms with Crippen molar-refractivity contribution < 1.29 is 42.7 Å². The fraction of sp³-hybridized carbons (Fsp3) is 0.393. The van der Waals surface area contributed by atoms with Crippen LogP contribution in [0.4, 0.5) is 0 Å². The normalized spacial score (nSPS) is 18.0. The number of unbranched alkanes of at least 4 members (excludes halogenated alkanes) is 3. The van der Waals surface area contributed by atoms with E-state index in [-0.39, 0.29) is 29.9 Å². The number of likely N-dealkylation sites (N-methyl/N-ethyl adjacent to an activating group) is 1. The molecule has 0 N–H and O–H groups in total. The van der Waals surface area contributed by atoms with Gasteiger partial charge in [0.2, 0.25) is 0 Å². The van der Waals surface area contributed by atoms with Crippen LogP contribution in [0.25, 0.3) is 5.57 Å². The average molecular weight is 620 g/mol. The molecular weight excluding hydrogens is 585 g/mol. The number of aromatic nitrogens is 2. The highest BCUT2D eigenvalue weighted by molar-refractivity contribution is 6.99. The molecular formula is C28H34IN3O3S. The van der Waals surface area contributed by atoms with Gasteiger partial charge in [-0.15, -0.1) is 4.37 Å². The van der Waals surface area contributed by atoms with Gasteiger partial charge in [0, 0.05) is 12.0 Å². The monoisotopic (exact) mass is 619 g/mol. The van der Waals surface area contributed by atoms with Gasteiger partial charge in [0.15, 0.2) is 0 Å². The van der Waals surface area contributed by atoms with Crippen LogP contribution in [-0.4, -0.2) is 45.9 Å². The molecule has 8 heteroatoms. The second-order valence-corrected chi connectivity index (χ2v) is 9.77. The maximum Gasteiger partial charge on any atom is 0.342 e. The highest BCUT2D eigenvalue weighted by Gasteiger charge is 2.40. The number of nitrogens with zero attached hydrogens (tertiary/aromatic N) is 3. The molecule has 6 nitrogen and oxygen atoms in total. The molecule has 0 bridgehead atoms. The Bertz CT molecular complexity index is 1120. The zero-order chi connectivity index (χ0) is 24.5. The summed E-state index contributed by atoms with van der Waals surface area (Å²) in [7, 11) is 2.15. The molecule has 0 fully saturated rings. The van der Waals surface area contributed by atoms with Crippen molar-refractivity contribution in [3.05, 3.63) is 83.6 Å². The molecule has 0 saturated carbocycles. The third-order valence-corrected chi connectivity index (χ3v) is 6.95. The van der Waals surface area contributed by atoms with Crippen LogP contribution in [0.1, 0.15) is 66.9 Å². The van der Waals surface area contributed by atoms with E-state index in [4.69, 9.17) is 9.47 Å². The highest BCUT2D eigenvalue weighted by Crippen LogP contribution is 2.37. The number of carbonyl (C=O) groups excluding carboxylic acids is 1. The first-order chi connectivity index (χ1) is 17.1. The van der Waals surface area contributed by atoms with Crippen LogP contribution >= 0.6 is 11.7 Å². The maximum absolute atomic E-state index is 13.1. The lowest BCUT2D eigenvalue weighted by Crippen LogP contribution is -3.00. The molecule has 3 aromatic rings. The minimum atomic E-state index is -0.447. The van der Waals surface area contributed by atoms with Gasteiger partial charge in [-0.05, 0) is 30.7 Å². The Morgan fingerprint density at radius 1 is 1.03 bits per heavy atom. The fourth-order valence-corrected chi connectivity index (χ4v) is 5.05. The quantitative estimate of drug-likeness (QED) is 0.143. The third-order valence-electron chi connectivity index (χ3n) is 6.44. The van der Waals surface area contributed by atoms with Crippen LogP contribution in [0.5, 0.6) is 5.88 Å². The average Bonchev–Trinajstić information content (AvgIpc) is 3.36. The van der Waals surface area contributed by atoms with Crippen LogP contribution in [0, 0.1) is 0 Å². The molecule has 4 rings (SSSR count). The summed E-state index contributed by atoms with van der Waals surface area (Å²) in [4.78, 5) is 13.1. The number of rotatable bonds is 11. The summed E-state index contributed by atoms with van der Waals surface area (Å²) in [6, 6.07) is 19.2. The molecule has 2 aromatic carbocycles. The van der Waals surface area contributed by atoms with Crippen molar-refractivity contribution in [3.63, 3.8) is 0 Å². The Kier molecular flexibility index (Phi) is 10.9. The van der Waals surface area contributed by atoms with Gasteiger partial charge in [0.05, 0.1) is 43.1 Å². The first-order valence-corrected chi connectivity index (χ1v) is 13.1. The molecule has 192 valence electrons. The largest absolute Gasteiger partial charge is 1.00 e. The second-order valence-electron chi connectivity index (χ2n) is 9.24. The van der Waals surface area contributed by atoms with Crippen molar-refractivity contribution in [2.24, 2.45) is 0 Å². The minimum absolute atomic E-state index is 0. The van der Waals surface area contributed by atoms with Crippen LogP contribution in [0.2, 0.25) is 0 Å². The van der Waals surface area contributed by atoms with Crippen molar-refractivity contribution in [1.29, 1.82) is 0 Å². The van der Waals surface area contributed by atoms with E-state index in [0.717, 1.165) is 42.6 Å². The first kappa shape index (κ1) is 28.3. The van der Waals surface area contributed by atoms with Crippen LogP contribution < -0.4 is 28.7 Å². The van der Waals surface area contributed by atoms with Gasteiger partial charge in [-0.1, -0.05) is 68.7 Å². The van der Waals surface area contributed by atoms with Crippen molar-refractivity contribution in [2.75, 3.05) is 26.7 Å². The predicted molar refractivity (Wildman–Crippen MR) is 139 cm³/mol. The van der Waals surface area contributed by atoms with E-state index in [0.29, 0.717) is 29.1 Å². The molecule has 0 amide bonds. The van der Waals surface area contributed by atoms with Gasteiger partial charge in [-0.25, -0.2) is 4.79 Å². The summed E-state index contributed by atoms with van der Waals surface area (Å²) in [5.74, 6) is 0.296. The Morgan fingerprint density at radius 3 is 2.47 bits per heavy atom. The molecule has 1 aromatic heterocycles. The molecule has 36 heavy (non-hydrogen) atoms. The van der Waals surface area contributed by atoms with E-state index < -0.39 is 6.23 Å². The summed E-state index contributed by atoms with van der Waals surface area (Å²) in [5, 5.41) is 0.